The first-order chi connectivity index (χ1) is 8.56. The van der Waals surface area contributed by atoms with Crippen molar-refractivity contribution in [2.75, 3.05) is 5.73 Å². The van der Waals surface area contributed by atoms with Crippen LogP contribution < -0.4 is 5.73 Å². The Labute approximate surface area is 116 Å². The monoisotopic (exact) mass is 322 g/mol. The van der Waals surface area contributed by atoms with Crippen molar-refractivity contribution >= 4 is 43.4 Å². The van der Waals surface area contributed by atoms with Crippen molar-refractivity contribution in [3.05, 3.63) is 27.2 Å². The van der Waals surface area contributed by atoms with E-state index in [1.807, 2.05) is 6.07 Å². The SMILES string of the molecule is Cc1sc(N)c(-c2nc3ncc(Br)cc3[nH]2)c1C. The van der Waals surface area contributed by atoms with Gasteiger partial charge in [0, 0.05) is 15.5 Å². The van der Waals surface area contributed by atoms with Crippen LogP contribution in [0.15, 0.2) is 16.7 Å². The zero-order valence-corrected chi connectivity index (χ0v) is 12.3. The molecule has 0 saturated heterocycles. The summed E-state index contributed by atoms with van der Waals surface area (Å²) < 4.78 is 0.927. The molecular weight excluding hydrogens is 312 g/mol. The molecular formula is C12H11BrN4S. The Morgan fingerprint density at radius 1 is 1.39 bits per heavy atom. The minimum Gasteiger partial charge on any atom is -0.390 e. The standard InChI is InChI=1S/C12H11BrN4S/c1-5-6(2)18-10(14)9(5)12-16-8-3-7(13)4-15-11(8)17-12/h3-4H,14H2,1-2H3,(H,15,16,17). The molecule has 3 aromatic heterocycles. The van der Waals surface area contributed by atoms with Crippen LogP contribution in [0.4, 0.5) is 5.00 Å². The smallest absolute Gasteiger partial charge is 0.178 e. The molecule has 0 aliphatic rings. The molecule has 3 N–H and O–H groups in total. The predicted octanol–water partition coefficient (Wildman–Crippen LogP) is 3.65. The predicted molar refractivity (Wildman–Crippen MR) is 78.8 cm³/mol. The molecule has 0 unspecified atom stereocenters. The number of hydrogen-bond donors (Lipinski definition) is 2. The van der Waals surface area contributed by atoms with Gasteiger partial charge in [-0.25, -0.2) is 9.97 Å². The number of nitrogens with two attached hydrogens (primary N) is 1. The minimum absolute atomic E-state index is 0.704. The molecule has 0 radical (unpaired) electrons. The van der Waals surface area contributed by atoms with Crippen molar-refractivity contribution in [3.63, 3.8) is 0 Å². The molecule has 0 aliphatic carbocycles. The number of fused-ring (bicyclic) bond motifs is 1. The summed E-state index contributed by atoms with van der Waals surface area (Å²) in [5, 5.41) is 0.795. The maximum Gasteiger partial charge on any atom is 0.178 e. The molecule has 4 nitrogen and oxygen atoms in total. The van der Waals surface area contributed by atoms with E-state index >= 15 is 0 Å². The van der Waals surface area contributed by atoms with Crippen molar-refractivity contribution < 1.29 is 0 Å². The largest absolute Gasteiger partial charge is 0.390 e. The lowest BCUT2D eigenvalue weighted by atomic mass is 10.1. The highest BCUT2D eigenvalue weighted by molar-refractivity contribution is 9.10. The Morgan fingerprint density at radius 3 is 2.83 bits per heavy atom. The van der Waals surface area contributed by atoms with Gasteiger partial charge in [-0.15, -0.1) is 11.3 Å². The molecule has 92 valence electrons. The van der Waals surface area contributed by atoms with Crippen LogP contribution in [0.25, 0.3) is 22.6 Å². The maximum absolute atomic E-state index is 6.05. The summed E-state index contributed by atoms with van der Waals surface area (Å²) in [5.74, 6) is 0.787. The lowest BCUT2D eigenvalue weighted by Crippen LogP contribution is -1.87. The number of H-pyrrole nitrogens is 1. The van der Waals surface area contributed by atoms with Crippen LogP contribution in [0.5, 0.6) is 0 Å². The van der Waals surface area contributed by atoms with E-state index in [2.05, 4.69) is 44.7 Å². The van der Waals surface area contributed by atoms with Gasteiger partial charge in [0.15, 0.2) is 5.65 Å². The Kier molecular flexibility index (Phi) is 2.64. The van der Waals surface area contributed by atoms with Crippen LogP contribution in [-0.4, -0.2) is 15.0 Å². The summed E-state index contributed by atoms with van der Waals surface area (Å²) in [6, 6.07) is 1.96. The number of aryl methyl sites for hydroxylation is 1. The topological polar surface area (TPSA) is 67.6 Å². The average Bonchev–Trinajstić information content (AvgIpc) is 2.80. The average molecular weight is 323 g/mol. The Balaban J connectivity index is 2.25. The van der Waals surface area contributed by atoms with Gasteiger partial charge in [-0.05, 0) is 41.4 Å². The van der Waals surface area contributed by atoms with Crippen molar-refractivity contribution in [1.29, 1.82) is 0 Å². The van der Waals surface area contributed by atoms with E-state index in [0.717, 1.165) is 26.4 Å². The Morgan fingerprint density at radius 2 is 2.17 bits per heavy atom. The Bertz CT molecular complexity index is 744. The second kappa shape index (κ2) is 4.07. The zero-order valence-electron chi connectivity index (χ0n) is 9.91. The number of thiophene rings is 1. The summed E-state index contributed by atoms with van der Waals surface area (Å²) in [5.41, 5.74) is 9.83. The highest BCUT2D eigenvalue weighted by atomic mass is 79.9. The summed E-state index contributed by atoms with van der Waals surface area (Å²) in [6.45, 7) is 4.13. The van der Waals surface area contributed by atoms with Crippen molar-refractivity contribution in [3.8, 4) is 11.4 Å². The van der Waals surface area contributed by atoms with E-state index < -0.39 is 0 Å². The van der Waals surface area contributed by atoms with Gasteiger partial charge in [0.25, 0.3) is 0 Å². The number of nitrogens with zero attached hydrogens (tertiary/aromatic N) is 2. The van der Waals surface area contributed by atoms with Crippen molar-refractivity contribution in [1.82, 2.24) is 15.0 Å². The number of halogens is 1. The number of nitrogens with one attached hydrogen (secondary N) is 1. The summed E-state index contributed by atoms with van der Waals surface area (Å²) in [4.78, 5) is 13.3. The highest BCUT2D eigenvalue weighted by Gasteiger charge is 2.16. The van der Waals surface area contributed by atoms with E-state index in [0.29, 0.717) is 5.65 Å². The van der Waals surface area contributed by atoms with E-state index in [4.69, 9.17) is 5.73 Å². The van der Waals surface area contributed by atoms with Gasteiger partial charge in [0.2, 0.25) is 0 Å². The molecule has 0 aliphatic heterocycles. The lowest BCUT2D eigenvalue weighted by molar-refractivity contribution is 1.29. The molecule has 0 saturated carbocycles. The van der Waals surface area contributed by atoms with E-state index in [9.17, 15) is 0 Å². The number of pyridine rings is 1. The van der Waals surface area contributed by atoms with E-state index in [1.165, 1.54) is 10.4 Å². The summed E-state index contributed by atoms with van der Waals surface area (Å²) in [6.07, 6.45) is 1.74. The number of nitrogen functional groups attached to an aromatic ring is 1. The molecule has 0 bridgehead atoms. The minimum atomic E-state index is 0.704. The number of hydrogen-bond acceptors (Lipinski definition) is 4. The van der Waals surface area contributed by atoms with Gasteiger partial charge in [-0.3, -0.25) is 0 Å². The van der Waals surface area contributed by atoms with E-state index in [1.54, 1.807) is 17.5 Å². The van der Waals surface area contributed by atoms with Gasteiger partial charge >= 0.3 is 0 Å². The van der Waals surface area contributed by atoms with Gasteiger partial charge in [0.1, 0.15) is 5.82 Å². The molecule has 0 atom stereocenters. The van der Waals surface area contributed by atoms with Crippen LogP contribution in [0.3, 0.4) is 0 Å². The van der Waals surface area contributed by atoms with Gasteiger partial charge in [-0.1, -0.05) is 0 Å². The zero-order chi connectivity index (χ0) is 12.9. The fraction of sp³-hybridized carbons (Fsp3) is 0.167. The van der Waals surface area contributed by atoms with Crippen molar-refractivity contribution in [2.24, 2.45) is 0 Å². The molecule has 3 aromatic rings. The molecule has 0 amide bonds. The number of imidazole rings is 1. The number of anilines is 1. The van der Waals surface area contributed by atoms with Crippen molar-refractivity contribution in [2.45, 2.75) is 13.8 Å². The quantitative estimate of drug-likeness (QED) is 0.718. The van der Waals surface area contributed by atoms with Gasteiger partial charge in [0.05, 0.1) is 16.1 Å². The molecule has 3 heterocycles. The molecule has 6 heteroatoms. The maximum atomic E-state index is 6.05. The van der Waals surface area contributed by atoms with E-state index in [-0.39, 0.29) is 0 Å². The number of rotatable bonds is 1. The number of aromatic nitrogens is 3. The highest BCUT2D eigenvalue weighted by Crippen LogP contribution is 2.37. The lowest BCUT2D eigenvalue weighted by Gasteiger charge is -1.97. The molecule has 0 aromatic carbocycles. The molecule has 18 heavy (non-hydrogen) atoms. The third-order valence-corrected chi connectivity index (χ3v) is 4.42. The summed E-state index contributed by atoms with van der Waals surface area (Å²) >= 11 is 4.99. The first-order valence-electron chi connectivity index (χ1n) is 5.43. The first kappa shape index (κ1) is 11.7. The second-order valence-corrected chi connectivity index (χ2v) is 6.30. The molecule has 0 fully saturated rings. The third-order valence-electron chi connectivity index (χ3n) is 2.95. The summed E-state index contributed by atoms with van der Waals surface area (Å²) in [7, 11) is 0. The van der Waals surface area contributed by atoms with Crippen LogP contribution in [0.1, 0.15) is 10.4 Å². The molecule has 3 rings (SSSR count). The van der Waals surface area contributed by atoms with Crippen LogP contribution >= 0.6 is 27.3 Å². The Hall–Kier alpha value is -1.40. The number of aromatic amines is 1. The van der Waals surface area contributed by atoms with Gasteiger partial charge in [-0.2, -0.15) is 0 Å². The normalized spacial score (nSPS) is 11.3. The van der Waals surface area contributed by atoms with Crippen LogP contribution in [0.2, 0.25) is 0 Å². The molecule has 0 spiro atoms. The third kappa shape index (κ3) is 1.72. The first-order valence-corrected chi connectivity index (χ1v) is 7.04. The fourth-order valence-electron chi connectivity index (χ4n) is 1.94. The fourth-order valence-corrected chi connectivity index (χ4v) is 3.21. The van der Waals surface area contributed by atoms with Crippen LogP contribution in [-0.2, 0) is 0 Å². The second-order valence-electron chi connectivity index (χ2n) is 4.13. The van der Waals surface area contributed by atoms with Gasteiger partial charge < -0.3 is 10.7 Å². The van der Waals surface area contributed by atoms with Crippen LogP contribution in [0, 0.1) is 13.8 Å².